The zero-order chi connectivity index (χ0) is 28.4. The van der Waals surface area contributed by atoms with Crippen molar-refractivity contribution in [2.24, 2.45) is 18.4 Å². The summed E-state index contributed by atoms with van der Waals surface area (Å²) in [5, 5.41) is 19.9. The SMILES string of the molecule is CCn1nc(Cc2ccccc2)cc1C1CCN(C[C@H]2CN(CC3(C(=O)O)CCCC3)C[C@@H]2c2ccn(C)n2)CC1. The summed E-state index contributed by atoms with van der Waals surface area (Å²) in [7, 11) is 1.99. The molecule has 0 unspecified atom stereocenters. The number of carbonyl (C=O) groups is 1. The minimum absolute atomic E-state index is 0.350. The largest absolute Gasteiger partial charge is 0.481 e. The number of nitrogens with zero attached hydrogens (tertiary/aromatic N) is 6. The predicted molar refractivity (Wildman–Crippen MR) is 160 cm³/mol. The van der Waals surface area contributed by atoms with Gasteiger partial charge in [-0.15, -0.1) is 0 Å². The molecule has 4 heterocycles. The first kappa shape index (κ1) is 28.2. The van der Waals surface area contributed by atoms with E-state index in [2.05, 4.69) is 63.9 Å². The fraction of sp³-hybridized carbons (Fsp3) is 0.606. The van der Waals surface area contributed by atoms with E-state index in [-0.39, 0.29) is 0 Å². The van der Waals surface area contributed by atoms with E-state index in [9.17, 15) is 9.90 Å². The number of hydrogen-bond acceptors (Lipinski definition) is 5. The number of piperidine rings is 1. The van der Waals surface area contributed by atoms with E-state index >= 15 is 0 Å². The number of aromatic nitrogens is 4. The average molecular weight is 559 g/mol. The first-order valence-corrected chi connectivity index (χ1v) is 15.7. The van der Waals surface area contributed by atoms with Crippen LogP contribution in [-0.2, 0) is 24.8 Å². The van der Waals surface area contributed by atoms with Crippen molar-refractivity contribution in [1.29, 1.82) is 0 Å². The molecular formula is C33H46N6O2. The maximum atomic E-state index is 12.3. The Labute approximate surface area is 244 Å². The summed E-state index contributed by atoms with van der Waals surface area (Å²) in [6.45, 7) is 8.89. The molecule has 8 heteroatoms. The number of carboxylic acid groups (broad SMARTS) is 1. The summed E-state index contributed by atoms with van der Waals surface area (Å²) in [4.78, 5) is 17.4. The molecule has 1 N–H and O–H groups in total. The number of benzene rings is 1. The Balaban J connectivity index is 1.10. The third-order valence-electron chi connectivity index (χ3n) is 10.1. The van der Waals surface area contributed by atoms with E-state index in [0.29, 0.717) is 24.3 Å². The number of hydrogen-bond donors (Lipinski definition) is 1. The van der Waals surface area contributed by atoms with Crippen molar-refractivity contribution in [1.82, 2.24) is 29.4 Å². The van der Waals surface area contributed by atoms with Gasteiger partial charge in [-0.1, -0.05) is 43.2 Å². The molecule has 0 radical (unpaired) electrons. The first-order chi connectivity index (χ1) is 19.9. The number of carboxylic acids is 1. The molecule has 2 aromatic heterocycles. The zero-order valence-corrected chi connectivity index (χ0v) is 24.8. The number of rotatable bonds is 10. The lowest BCUT2D eigenvalue weighted by Gasteiger charge is -2.34. The molecule has 2 atom stereocenters. The minimum atomic E-state index is -0.604. The molecule has 3 aromatic rings. The van der Waals surface area contributed by atoms with Crippen molar-refractivity contribution in [2.45, 2.75) is 70.3 Å². The highest BCUT2D eigenvalue weighted by Crippen LogP contribution is 2.42. The molecule has 1 aromatic carbocycles. The summed E-state index contributed by atoms with van der Waals surface area (Å²) in [5.41, 5.74) is 4.46. The standard InChI is InChI=1S/C33H46N6O2/c1-3-39-31(20-28(34-39)19-25-9-5-4-6-10-25)26-11-17-37(18-12-26)21-27-22-38(23-29(27)30-13-16-36(2)35-30)24-33(32(40)41)14-7-8-15-33/h4-6,9-10,13,16,20,26-27,29H,3,7-8,11-12,14-15,17-19,21-24H2,1-2H3,(H,40,41)/t27-,29-/m0/s1. The van der Waals surface area contributed by atoms with Gasteiger partial charge in [-0.3, -0.25) is 14.2 Å². The summed E-state index contributed by atoms with van der Waals surface area (Å²) < 4.78 is 4.13. The van der Waals surface area contributed by atoms with Gasteiger partial charge in [0.1, 0.15) is 0 Å². The number of aryl methyl sites for hydroxylation is 2. The van der Waals surface area contributed by atoms with Crippen molar-refractivity contribution in [3.63, 3.8) is 0 Å². The van der Waals surface area contributed by atoms with Gasteiger partial charge in [0.25, 0.3) is 0 Å². The van der Waals surface area contributed by atoms with Crippen LogP contribution < -0.4 is 0 Å². The van der Waals surface area contributed by atoms with Gasteiger partial charge in [0.05, 0.1) is 16.8 Å². The average Bonchev–Trinajstić information content (AvgIpc) is 3.78. The second kappa shape index (κ2) is 12.1. The van der Waals surface area contributed by atoms with Crippen LogP contribution in [0.4, 0.5) is 0 Å². The third kappa shape index (κ3) is 6.14. The van der Waals surface area contributed by atoms with Crippen LogP contribution in [0.25, 0.3) is 0 Å². The quantitative estimate of drug-likeness (QED) is 0.386. The zero-order valence-electron chi connectivity index (χ0n) is 24.8. The van der Waals surface area contributed by atoms with Gasteiger partial charge in [-0.05, 0) is 69.3 Å². The molecule has 1 aliphatic carbocycles. The van der Waals surface area contributed by atoms with Gasteiger partial charge in [0, 0.05) is 69.9 Å². The Morgan fingerprint density at radius 3 is 2.44 bits per heavy atom. The molecule has 220 valence electrons. The van der Waals surface area contributed by atoms with E-state index in [0.717, 1.165) is 89.9 Å². The Bertz CT molecular complexity index is 1300. The van der Waals surface area contributed by atoms with E-state index in [4.69, 9.17) is 10.2 Å². The molecule has 8 nitrogen and oxygen atoms in total. The minimum Gasteiger partial charge on any atom is -0.481 e. The molecule has 6 rings (SSSR count). The fourth-order valence-electron chi connectivity index (χ4n) is 7.86. The Hall–Kier alpha value is -2.97. The van der Waals surface area contributed by atoms with Gasteiger partial charge in [-0.25, -0.2) is 0 Å². The smallest absolute Gasteiger partial charge is 0.310 e. The fourth-order valence-corrected chi connectivity index (χ4v) is 7.86. The van der Waals surface area contributed by atoms with E-state index in [1.54, 1.807) is 0 Å². The van der Waals surface area contributed by atoms with Crippen molar-refractivity contribution in [3.8, 4) is 0 Å². The Kier molecular flexibility index (Phi) is 8.31. The van der Waals surface area contributed by atoms with Crippen molar-refractivity contribution in [3.05, 3.63) is 71.3 Å². The molecule has 0 bridgehead atoms. The van der Waals surface area contributed by atoms with E-state index < -0.39 is 11.4 Å². The van der Waals surface area contributed by atoms with Crippen LogP contribution in [0.5, 0.6) is 0 Å². The van der Waals surface area contributed by atoms with Crippen LogP contribution in [0.3, 0.4) is 0 Å². The normalized spacial score (nSPS) is 23.9. The highest BCUT2D eigenvalue weighted by Gasteiger charge is 2.46. The van der Waals surface area contributed by atoms with E-state index in [1.807, 2.05) is 17.9 Å². The van der Waals surface area contributed by atoms with Gasteiger partial charge < -0.3 is 14.9 Å². The maximum Gasteiger partial charge on any atom is 0.310 e. The lowest BCUT2D eigenvalue weighted by molar-refractivity contribution is -0.149. The van der Waals surface area contributed by atoms with Crippen LogP contribution in [0, 0.1) is 11.3 Å². The maximum absolute atomic E-state index is 12.3. The van der Waals surface area contributed by atoms with E-state index in [1.165, 1.54) is 17.0 Å². The van der Waals surface area contributed by atoms with Gasteiger partial charge in [0.2, 0.25) is 0 Å². The van der Waals surface area contributed by atoms with Gasteiger partial charge in [0.15, 0.2) is 0 Å². The van der Waals surface area contributed by atoms with Crippen LogP contribution in [0.15, 0.2) is 48.7 Å². The molecule has 2 saturated heterocycles. The van der Waals surface area contributed by atoms with Crippen LogP contribution in [0.2, 0.25) is 0 Å². The Morgan fingerprint density at radius 1 is 1.02 bits per heavy atom. The van der Waals surface area contributed by atoms with Gasteiger partial charge in [-0.2, -0.15) is 10.2 Å². The molecular weight excluding hydrogens is 512 g/mol. The number of likely N-dealkylation sites (tertiary alicyclic amines) is 2. The predicted octanol–water partition coefficient (Wildman–Crippen LogP) is 4.77. The first-order valence-electron chi connectivity index (χ1n) is 15.7. The van der Waals surface area contributed by atoms with Crippen LogP contribution >= 0.6 is 0 Å². The highest BCUT2D eigenvalue weighted by molar-refractivity contribution is 5.75. The second-order valence-electron chi connectivity index (χ2n) is 12.9. The third-order valence-corrected chi connectivity index (χ3v) is 10.1. The van der Waals surface area contributed by atoms with Gasteiger partial charge >= 0.3 is 5.97 Å². The molecule has 0 amide bonds. The summed E-state index contributed by atoms with van der Waals surface area (Å²) >= 11 is 0. The van der Waals surface area contributed by atoms with Crippen molar-refractivity contribution < 1.29 is 9.90 Å². The Morgan fingerprint density at radius 2 is 1.78 bits per heavy atom. The summed E-state index contributed by atoms with van der Waals surface area (Å²) in [5.74, 6) is 0.761. The van der Waals surface area contributed by atoms with Crippen LogP contribution in [-0.4, -0.2) is 79.7 Å². The lowest BCUT2D eigenvalue weighted by Crippen LogP contribution is -2.41. The monoisotopic (exact) mass is 558 g/mol. The summed E-state index contributed by atoms with van der Waals surface area (Å²) in [6, 6.07) is 15.1. The molecule has 3 aliphatic rings. The summed E-state index contributed by atoms with van der Waals surface area (Å²) in [6.07, 6.45) is 8.93. The highest BCUT2D eigenvalue weighted by atomic mass is 16.4. The second-order valence-corrected chi connectivity index (χ2v) is 12.9. The van der Waals surface area contributed by atoms with Crippen molar-refractivity contribution >= 4 is 5.97 Å². The molecule has 2 aliphatic heterocycles. The topological polar surface area (TPSA) is 79.4 Å². The van der Waals surface area contributed by atoms with Crippen molar-refractivity contribution in [2.75, 3.05) is 39.3 Å². The lowest BCUT2D eigenvalue weighted by atomic mass is 9.86. The molecule has 41 heavy (non-hydrogen) atoms. The molecule has 3 fully saturated rings. The molecule has 0 spiro atoms. The van der Waals surface area contributed by atoms with Crippen LogP contribution in [0.1, 0.15) is 79.9 Å². The molecule has 1 saturated carbocycles. The number of aliphatic carboxylic acids is 1.